The van der Waals surface area contributed by atoms with Gasteiger partial charge in [0.05, 0.1) is 31.8 Å². The summed E-state index contributed by atoms with van der Waals surface area (Å²) < 4.78 is 25.8. The van der Waals surface area contributed by atoms with Gasteiger partial charge in [0.1, 0.15) is 23.2 Å². The summed E-state index contributed by atoms with van der Waals surface area (Å²) in [5.74, 6) is 0.182. The van der Waals surface area contributed by atoms with Gasteiger partial charge in [0.2, 0.25) is 12.2 Å². The molecule has 0 saturated carbocycles. The molecule has 30 heavy (non-hydrogen) atoms. The van der Waals surface area contributed by atoms with Crippen molar-refractivity contribution in [1.29, 1.82) is 0 Å². The molecule has 5 atom stereocenters. The molecule has 1 aromatic rings. The third-order valence-electron chi connectivity index (χ3n) is 4.34. The summed E-state index contributed by atoms with van der Waals surface area (Å²) in [6.45, 7) is 1.12. The second-order valence-electron chi connectivity index (χ2n) is 6.48. The number of aliphatic hydroxyl groups excluding tert-OH is 2. The number of nitrogens with one attached hydrogen (secondary N) is 1. The molecule has 2 heterocycles. The smallest absolute Gasteiger partial charge is 0.790 e. The van der Waals surface area contributed by atoms with Crippen LogP contribution in [-0.4, -0.2) is 59.1 Å². The Morgan fingerprint density at radius 1 is 1.30 bits per heavy atom. The number of carbonyl (C=O) groups is 1. The second kappa shape index (κ2) is 12.3. The van der Waals surface area contributed by atoms with Crippen LogP contribution in [-0.2, 0) is 25.0 Å². The van der Waals surface area contributed by atoms with Crippen molar-refractivity contribution in [3.05, 3.63) is 23.8 Å². The minimum atomic E-state index is -5.05. The Balaban J connectivity index is 0.00000225. The largest absolute Gasteiger partial charge is 1.00 e. The number of ether oxygens (including phenoxy) is 2. The van der Waals surface area contributed by atoms with Gasteiger partial charge in [-0.15, -0.1) is 11.8 Å². The first kappa shape index (κ1) is 28.9. The van der Waals surface area contributed by atoms with Crippen molar-refractivity contribution >= 4 is 25.5 Å². The first-order valence-electron chi connectivity index (χ1n) is 8.55. The number of hydrogen-bond donors (Lipinski definition) is 3. The number of aliphatic hydroxyl groups is 2. The van der Waals surface area contributed by atoms with Gasteiger partial charge in [-0.1, -0.05) is 6.07 Å². The Morgan fingerprint density at radius 3 is 2.67 bits per heavy atom. The van der Waals surface area contributed by atoms with E-state index in [1.54, 1.807) is 25.1 Å². The van der Waals surface area contributed by atoms with Gasteiger partial charge >= 0.3 is 59.1 Å². The molecule has 3 N–H and O–H groups in total. The van der Waals surface area contributed by atoms with Gasteiger partial charge in [-0.05, 0) is 24.6 Å². The van der Waals surface area contributed by atoms with Crippen LogP contribution < -0.4 is 79.0 Å². The Labute approximate surface area is 222 Å². The maximum atomic E-state index is 11.9. The maximum Gasteiger partial charge on any atom is 1.00 e. The number of carbonyl (C=O) groups excluding carboxylic acids is 1. The summed E-state index contributed by atoms with van der Waals surface area (Å²) in [6, 6.07) is 5.14. The van der Waals surface area contributed by atoms with E-state index in [1.165, 1.54) is 11.8 Å². The van der Waals surface area contributed by atoms with E-state index in [0.717, 1.165) is 0 Å². The fourth-order valence-electron chi connectivity index (χ4n) is 2.94. The monoisotopic (exact) mass is 479 g/mol. The zero-order valence-corrected chi connectivity index (χ0v) is 22.6. The number of amides is 1. The van der Waals surface area contributed by atoms with E-state index in [0.29, 0.717) is 16.2 Å². The van der Waals surface area contributed by atoms with Crippen molar-refractivity contribution in [3.8, 4) is 5.75 Å². The molecule has 3 rings (SSSR count). The van der Waals surface area contributed by atoms with Crippen molar-refractivity contribution in [2.24, 2.45) is 0 Å². The zero-order valence-electron chi connectivity index (χ0n) is 16.8. The molecule has 1 saturated heterocycles. The average Bonchev–Trinajstić information content (AvgIpc) is 2.62. The molecule has 5 unspecified atom stereocenters. The number of phosphoric ester groups is 1. The van der Waals surface area contributed by atoms with Crippen molar-refractivity contribution < 1.29 is 102 Å². The quantitative estimate of drug-likeness (QED) is 0.203. The summed E-state index contributed by atoms with van der Waals surface area (Å²) in [6.07, 6.45) is -3.25. The van der Waals surface area contributed by atoms with E-state index in [9.17, 15) is 29.4 Å². The molecule has 0 bridgehead atoms. The van der Waals surface area contributed by atoms with Gasteiger partial charge < -0.3 is 43.9 Å². The number of hydrogen-bond acceptors (Lipinski definition) is 10. The predicted molar refractivity (Wildman–Crippen MR) is 93.3 cm³/mol. The van der Waals surface area contributed by atoms with E-state index in [4.69, 9.17) is 9.47 Å². The second-order valence-corrected chi connectivity index (χ2v) is 8.85. The van der Waals surface area contributed by atoms with E-state index in [1.807, 2.05) is 0 Å². The molecule has 0 spiro atoms. The Bertz CT molecular complexity index is 783. The van der Waals surface area contributed by atoms with Crippen LogP contribution in [0.3, 0.4) is 0 Å². The minimum Gasteiger partial charge on any atom is -0.790 e. The number of fused-ring (bicyclic) bond motifs is 2. The Morgan fingerprint density at radius 2 is 2.00 bits per heavy atom. The van der Waals surface area contributed by atoms with E-state index >= 15 is 0 Å². The van der Waals surface area contributed by atoms with Crippen LogP contribution in [0.1, 0.15) is 12.5 Å². The number of phosphoric acid groups is 1. The molecular weight excluding hydrogens is 459 g/mol. The van der Waals surface area contributed by atoms with Gasteiger partial charge in [0.25, 0.3) is 0 Å². The standard InChI is InChI=1S/C16H22NO9PS.2Na/c1-8-13(19)14(20)15-16(25-8)26-10-3-2-9(6-11(10)28-15)7-12(18)17-4-5-24-27(21,22)23;;/h2-3,6,8,13-16,19-20H,4-5,7H2,1H3,(H,17,18)(H2,21,22,23);;/q;2*+1/p-2. The summed E-state index contributed by atoms with van der Waals surface area (Å²) >= 11 is 1.31. The van der Waals surface area contributed by atoms with E-state index in [-0.39, 0.29) is 78.0 Å². The van der Waals surface area contributed by atoms with E-state index in [2.05, 4.69) is 9.84 Å². The van der Waals surface area contributed by atoms with Crippen LogP contribution in [0, 0.1) is 0 Å². The van der Waals surface area contributed by atoms with Crippen LogP contribution in [0.2, 0.25) is 0 Å². The van der Waals surface area contributed by atoms with E-state index < -0.39 is 44.3 Å². The first-order valence-corrected chi connectivity index (χ1v) is 10.9. The van der Waals surface area contributed by atoms with Crippen LogP contribution in [0.25, 0.3) is 0 Å². The molecule has 1 amide bonds. The third-order valence-corrected chi connectivity index (χ3v) is 6.18. The van der Waals surface area contributed by atoms with Crippen molar-refractivity contribution in [1.82, 2.24) is 5.32 Å². The normalized spacial score (nSPS) is 27.4. The molecule has 156 valence electrons. The van der Waals surface area contributed by atoms with Gasteiger partial charge in [-0.2, -0.15) is 0 Å². The molecule has 1 aromatic carbocycles. The fraction of sp³-hybridized carbons (Fsp3) is 0.562. The molecule has 1 fully saturated rings. The van der Waals surface area contributed by atoms with Gasteiger partial charge in [0.15, 0.2) is 0 Å². The van der Waals surface area contributed by atoms with Gasteiger partial charge in [0, 0.05) is 6.54 Å². The third kappa shape index (κ3) is 7.71. The summed E-state index contributed by atoms with van der Waals surface area (Å²) in [7, 11) is -5.05. The molecular formula is C16H20NNa2O9PS. The van der Waals surface area contributed by atoms with Crippen LogP contribution in [0.4, 0.5) is 0 Å². The number of thioether (sulfide) groups is 1. The van der Waals surface area contributed by atoms with Crippen molar-refractivity contribution in [2.75, 3.05) is 13.2 Å². The molecule has 10 nitrogen and oxygen atoms in total. The van der Waals surface area contributed by atoms with Crippen molar-refractivity contribution in [3.63, 3.8) is 0 Å². The van der Waals surface area contributed by atoms with Crippen LogP contribution >= 0.6 is 19.6 Å². The minimum absolute atomic E-state index is 0. The maximum absolute atomic E-state index is 11.9. The number of benzene rings is 1. The molecule has 0 aromatic heterocycles. The predicted octanol–water partition coefficient (Wildman–Crippen LogP) is -7.48. The topological polar surface area (TPSA) is 160 Å². The average molecular weight is 479 g/mol. The molecule has 14 heteroatoms. The van der Waals surface area contributed by atoms with Gasteiger partial charge in [-0.3, -0.25) is 4.79 Å². The molecule has 0 radical (unpaired) electrons. The van der Waals surface area contributed by atoms with Gasteiger partial charge in [-0.25, -0.2) is 0 Å². The SMILES string of the molecule is CC1OC2Oc3ccc(CC(=O)NCCOP(=O)([O-])[O-])cc3SC2C(O)C1O.[Na+].[Na+]. The van der Waals surface area contributed by atoms with Crippen LogP contribution in [0.15, 0.2) is 23.1 Å². The summed E-state index contributed by atoms with van der Waals surface area (Å²) in [4.78, 5) is 33.3. The first-order chi connectivity index (χ1) is 13.1. The zero-order chi connectivity index (χ0) is 20.5. The summed E-state index contributed by atoms with van der Waals surface area (Å²) in [5, 5.41) is 22.2. The van der Waals surface area contributed by atoms with Crippen molar-refractivity contribution in [2.45, 2.75) is 48.1 Å². The summed E-state index contributed by atoms with van der Waals surface area (Å²) in [5.41, 5.74) is 0.671. The van der Waals surface area contributed by atoms with Crippen LogP contribution in [0.5, 0.6) is 5.75 Å². The molecule has 2 aliphatic heterocycles. The Kier molecular flexibility index (Phi) is 11.9. The Hall–Kier alpha value is 0.830. The fourth-order valence-corrected chi connectivity index (χ4v) is 4.53. The molecule has 2 aliphatic rings. The number of rotatable bonds is 6. The molecule has 0 aliphatic carbocycles.